The highest BCUT2D eigenvalue weighted by Crippen LogP contribution is 2.40. The number of hydrogen-bond acceptors (Lipinski definition) is 5. The largest absolute Gasteiger partial charge is 0.507 e. The lowest BCUT2D eigenvalue weighted by atomic mass is 10.2. The number of carbonyl (C=O) groups excluding carboxylic acids is 1. The molecular formula is C19H19N3O4. The van der Waals surface area contributed by atoms with E-state index in [1.165, 1.54) is 12.1 Å². The Bertz CT molecular complexity index is 992. The summed E-state index contributed by atoms with van der Waals surface area (Å²) in [6.07, 6.45) is 0.816. The first-order valence-corrected chi connectivity index (χ1v) is 8.20. The number of phenolic OH excluding ortho intramolecular Hbond substituents is 1. The summed E-state index contributed by atoms with van der Waals surface area (Å²) in [6.45, 7) is 2.59. The first-order valence-electron chi connectivity index (χ1n) is 8.20. The molecule has 0 spiro atoms. The Kier molecular flexibility index (Phi) is 4.88. The van der Waals surface area contributed by atoms with Crippen LogP contribution in [0.25, 0.3) is 10.9 Å². The van der Waals surface area contributed by atoms with Crippen LogP contribution in [0.1, 0.15) is 23.7 Å². The first-order chi connectivity index (χ1) is 12.6. The van der Waals surface area contributed by atoms with Crippen molar-refractivity contribution in [1.29, 1.82) is 0 Å². The van der Waals surface area contributed by atoms with Gasteiger partial charge in [-0.25, -0.2) is 0 Å². The average Bonchev–Trinajstić information content (AvgIpc) is 2.91. The van der Waals surface area contributed by atoms with E-state index < -0.39 is 5.91 Å². The number of hydrogen-bond donors (Lipinski definition) is 2. The molecule has 0 aliphatic rings. The summed E-state index contributed by atoms with van der Waals surface area (Å²) in [6, 6.07) is 11.4. The van der Waals surface area contributed by atoms with E-state index in [0.29, 0.717) is 17.7 Å². The maximum atomic E-state index is 12.2. The maximum absolute atomic E-state index is 12.2. The quantitative estimate of drug-likeness (QED) is 0.665. The molecule has 7 nitrogen and oxygen atoms in total. The number of phenols is 1. The van der Waals surface area contributed by atoms with E-state index >= 15 is 0 Å². The van der Waals surface area contributed by atoms with Crippen molar-refractivity contribution < 1.29 is 19.7 Å². The van der Waals surface area contributed by atoms with Gasteiger partial charge in [-0.1, -0.05) is 19.1 Å². The molecule has 3 aromatic rings. The van der Waals surface area contributed by atoms with Crippen LogP contribution < -0.4 is 4.74 Å². The molecule has 0 aliphatic heterocycles. The highest BCUT2D eigenvalue weighted by Gasteiger charge is 2.18. The molecule has 1 amide bonds. The number of ether oxygens (including phenoxy) is 1. The van der Waals surface area contributed by atoms with Gasteiger partial charge in [-0.15, -0.1) is 10.2 Å². The Balaban J connectivity index is 2.07. The van der Waals surface area contributed by atoms with Gasteiger partial charge in [0.15, 0.2) is 5.69 Å². The third-order valence-electron chi connectivity index (χ3n) is 4.04. The molecule has 0 unspecified atom stereocenters. The van der Waals surface area contributed by atoms with E-state index in [2.05, 4.69) is 10.2 Å². The zero-order chi connectivity index (χ0) is 18.7. The van der Waals surface area contributed by atoms with Gasteiger partial charge in [0.2, 0.25) is 5.88 Å². The highest BCUT2D eigenvalue weighted by atomic mass is 16.5. The van der Waals surface area contributed by atoms with Crippen LogP contribution >= 0.6 is 0 Å². The minimum atomic E-state index is -0.693. The molecule has 0 bridgehead atoms. The number of azo groups is 1. The normalized spacial score (nSPS) is 11.3. The van der Waals surface area contributed by atoms with E-state index in [9.17, 15) is 15.0 Å². The highest BCUT2D eigenvalue weighted by molar-refractivity contribution is 5.99. The lowest BCUT2D eigenvalue weighted by Crippen LogP contribution is -1.95. The van der Waals surface area contributed by atoms with Crippen molar-refractivity contribution in [3.05, 3.63) is 48.0 Å². The summed E-state index contributed by atoms with van der Waals surface area (Å²) in [7, 11) is 1.55. The SMILES string of the molecule is CCCn1c(O)c(N=NC(=O)c2ccccc2O)c2cc(OC)ccc21. The lowest BCUT2D eigenvalue weighted by molar-refractivity contribution is 0.0992. The number of amides is 1. The molecule has 1 aromatic heterocycles. The number of aryl methyl sites for hydroxylation is 1. The number of fused-ring (bicyclic) bond motifs is 1. The van der Waals surface area contributed by atoms with Gasteiger partial charge in [0.25, 0.3) is 5.91 Å². The van der Waals surface area contributed by atoms with E-state index in [1.54, 1.807) is 35.9 Å². The molecule has 134 valence electrons. The summed E-state index contributed by atoms with van der Waals surface area (Å²) < 4.78 is 6.95. The zero-order valence-electron chi connectivity index (χ0n) is 14.5. The lowest BCUT2D eigenvalue weighted by Gasteiger charge is -2.04. The first kappa shape index (κ1) is 17.5. The van der Waals surface area contributed by atoms with Crippen molar-refractivity contribution >= 4 is 22.5 Å². The summed E-state index contributed by atoms with van der Waals surface area (Å²) in [5, 5.41) is 28.6. The van der Waals surface area contributed by atoms with Crippen LogP contribution in [-0.2, 0) is 6.54 Å². The Morgan fingerprint density at radius 1 is 1.19 bits per heavy atom. The molecule has 2 N–H and O–H groups in total. The second-order valence-corrected chi connectivity index (χ2v) is 5.73. The van der Waals surface area contributed by atoms with Crippen LogP contribution in [0.15, 0.2) is 52.7 Å². The number of methoxy groups -OCH3 is 1. The van der Waals surface area contributed by atoms with Crippen LogP contribution in [0.5, 0.6) is 17.4 Å². The Hall–Kier alpha value is -3.35. The van der Waals surface area contributed by atoms with Crippen molar-refractivity contribution in [3.63, 3.8) is 0 Å². The van der Waals surface area contributed by atoms with Gasteiger partial charge in [0, 0.05) is 11.9 Å². The smallest absolute Gasteiger partial charge is 0.299 e. The minimum absolute atomic E-state index is 0.0469. The zero-order valence-corrected chi connectivity index (χ0v) is 14.5. The van der Waals surface area contributed by atoms with Crippen LogP contribution in [0.3, 0.4) is 0 Å². The summed E-state index contributed by atoms with van der Waals surface area (Å²) in [4.78, 5) is 12.2. The van der Waals surface area contributed by atoms with Crippen LogP contribution in [0, 0.1) is 0 Å². The molecule has 2 aromatic carbocycles. The molecule has 0 saturated carbocycles. The Labute approximate surface area is 150 Å². The fourth-order valence-corrected chi connectivity index (χ4v) is 2.78. The standard InChI is InChI=1S/C19H19N3O4/c1-3-10-22-15-9-8-12(26-2)11-14(15)17(19(22)25)20-21-18(24)13-6-4-5-7-16(13)23/h4-9,11,23,25H,3,10H2,1-2H3. The number of rotatable bonds is 5. The molecule has 26 heavy (non-hydrogen) atoms. The summed E-state index contributed by atoms with van der Waals surface area (Å²) in [5.74, 6) is -0.323. The number of aromatic nitrogens is 1. The van der Waals surface area contributed by atoms with Gasteiger partial charge in [-0.05, 0) is 36.8 Å². The van der Waals surface area contributed by atoms with Crippen molar-refractivity contribution in [3.8, 4) is 17.4 Å². The van der Waals surface area contributed by atoms with Gasteiger partial charge < -0.3 is 19.5 Å². The fourth-order valence-electron chi connectivity index (χ4n) is 2.78. The molecule has 0 aliphatic carbocycles. The maximum Gasteiger partial charge on any atom is 0.299 e. The molecule has 0 saturated heterocycles. The molecule has 0 atom stereocenters. The van der Waals surface area contributed by atoms with Gasteiger partial charge in [-0.3, -0.25) is 4.79 Å². The van der Waals surface area contributed by atoms with E-state index in [0.717, 1.165) is 11.9 Å². The van der Waals surface area contributed by atoms with E-state index in [1.807, 2.05) is 13.0 Å². The second kappa shape index (κ2) is 7.26. The molecule has 7 heteroatoms. The Morgan fingerprint density at radius 2 is 1.96 bits per heavy atom. The molecule has 1 heterocycles. The van der Waals surface area contributed by atoms with E-state index in [-0.39, 0.29) is 22.9 Å². The van der Waals surface area contributed by atoms with Crippen LogP contribution in [-0.4, -0.2) is 27.8 Å². The third kappa shape index (κ3) is 3.11. The van der Waals surface area contributed by atoms with Gasteiger partial charge in [-0.2, -0.15) is 0 Å². The average molecular weight is 353 g/mol. The number of para-hydroxylation sites is 1. The monoisotopic (exact) mass is 353 g/mol. The number of nitrogens with zero attached hydrogens (tertiary/aromatic N) is 3. The predicted molar refractivity (Wildman–Crippen MR) is 97.4 cm³/mol. The van der Waals surface area contributed by atoms with Crippen molar-refractivity contribution in [2.45, 2.75) is 19.9 Å². The summed E-state index contributed by atoms with van der Waals surface area (Å²) >= 11 is 0. The van der Waals surface area contributed by atoms with Gasteiger partial charge in [0.05, 0.1) is 18.2 Å². The van der Waals surface area contributed by atoms with Gasteiger partial charge >= 0.3 is 0 Å². The molecule has 3 rings (SSSR count). The second-order valence-electron chi connectivity index (χ2n) is 5.73. The molecule has 0 fully saturated rings. The topological polar surface area (TPSA) is 96.4 Å². The van der Waals surface area contributed by atoms with Crippen molar-refractivity contribution in [2.24, 2.45) is 10.2 Å². The van der Waals surface area contributed by atoms with Gasteiger partial charge in [0.1, 0.15) is 11.5 Å². The van der Waals surface area contributed by atoms with Crippen molar-refractivity contribution in [2.75, 3.05) is 7.11 Å². The van der Waals surface area contributed by atoms with E-state index in [4.69, 9.17) is 4.74 Å². The number of aromatic hydroxyl groups is 2. The number of benzene rings is 2. The fraction of sp³-hybridized carbons (Fsp3) is 0.211. The molecule has 0 radical (unpaired) electrons. The summed E-state index contributed by atoms with van der Waals surface area (Å²) in [5.41, 5.74) is 1.01. The number of carbonyl (C=O) groups is 1. The van der Waals surface area contributed by atoms with Crippen LogP contribution in [0.4, 0.5) is 5.69 Å². The van der Waals surface area contributed by atoms with Crippen LogP contribution in [0.2, 0.25) is 0 Å². The molecular weight excluding hydrogens is 334 g/mol. The minimum Gasteiger partial charge on any atom is -0.507 e. The predicted octanol–water partition coefficient (Wildman–Crippen LogP) is 4.40. The third-order valence-corrected chi connectivity index (χ3v) is 4.04. The van der Waals surface area contributed by atoms with Crippen molar-refractivity contribution in [1.82, 2.24) is 4.57 Å². The Morgan fingerprint density at radius 3 is 2.65 bits per heavy atom.